The Labute approximate surface area is 108 Å². The molecule has 0 spiro atoms. The fourth-order valence-corrected chi connectivity index (χ4v) is 3.02. The molecule has 0 aliphatic carbocycles. The lowest BCUT2D eigenvalue weighted by Crippen LogP contribution is -2.29. The first-order valence-corrected chi connectivity index (χ1v) is 6.82. The van der Waals surface area contributed by atoms with E-state index >= 15 is 0 Å². The Morgan fingerprint density at radius 2 is 2.17 bits per heavy atom. The van der Waals surface area contributed by atoms with Crippen LogP contribution in [0.5, 0.6) is 5.75 Å². The SMILES string of the molecule is CC1Cc2cc(C(N)C3OCCC3C)ccc2O1. The van der Waals surface area contributed by atoms with Gasteiger partial charge < -0.3 is 15.2 Å². The Hall–Kier alpha value is -1.06. The fourth-order valence-electron chi connectivity index (χ4n) is 3.02. The third kappa shape index (κ3) is 2.02. The first-order chi connectivity index (χ1) is 8.65. The Morgan fingerprint density at radius 3 is 2.89 bits per heavy atom. The van der Waals surface area contributed by atoms with E-state index < -0.39 is 0 Å². The lowest BCUT2D eigenvalue weighted by Gasteiger charge is -2.23. The Kier molecular flexibility index (Phi) is 3.04. The molecule has 2 heterocycles. The zero-order valence-electron chi connectivity index (χ0n) is 11.1. The van der Waals surface area contributed by atoms with Crippen molar-refractivity contribution in [2.24, 2.45) is 11.7 Å². The molecule has 18 heavy (non-hydrogen) atoms. The van der Waals surface area contributed by atoms with Gasteiger partial charge in [0, 0.05) is 13.0 Å². The van der Waals surface area contributed by atoms with Crippen LogP contribution in [0, 0.1) is 5.92 Å². The van der Waals surface area contributed by atoms with Gasteiger partial charge in [-0.3, -0.25) is 0 Å². The van der Waals surface area contributed by atoms with E-state index in [9.17, 15) is 0 Å². The van der Waals surface area contributed by atoms with Crippen molar-refractivity contribution in [2.75, 3.05) is 6.61 Å². The van der Waals surface area contributed by atoms with Crippen molar-refractivity contribution in [1.82, 2.24) is 0 Å². The lowest BCUT2D eigenvalue weighted by atomic mass is 9.92. The number of rotatable bonds is 2. The van der Waals surface area contributed by atoms with Crippen molar-refractivity contribution in [2.45, 2.75) is 44.9 Å². The molecule has 3 heteroatoms. The maximum absolute atomic E-state index is 6.35. The van der Waals surface area contributed by atoms with Crippen LogP contribution in [0.3, 0.4) is 0 Å². The first kappa shape index (κ1) is 12.0. The molecule has 0 bridgehead atoms. The van der Waals surface area contributed by atoms with Crippen molar-refractivity contribution in [3.63, 3.8) is 0 Å². The number of nitrogens with two attached hydrogens (primary N) is 1. The Bertz CT molecular complexity index is 446. The molecule has 1 aromatic carbocycles. The highest BCUT2D eigenvalue weighted by Gasteiger charge is 2.31. The zero-order valence-corrected chi connectivity index (χ0v) is 11.1. The maximum Gasteiger partial charge on any atom is 0.123 e. The van der Waals surface area contributed by atoms with Gasteiger partial charge in [-0.15, -0.1) is 0 Å². The van der Waals surface area contributed by atoms with Crippen molar-refractivity contribution in [1.29, 1.82) is 0 Å². The number of hydrogen-bond donors (Lipinski definition) is 1. The molecule has 1 fully saturated rings. The monoisotopic (exact) mass is 247 g/mol. The second kappa shape index (κ2) is 4.56. The molecule has 2 aliphatic heterocycles. The number of benzene rings is 1. The quantitative estimate of drug-likeness (QED) is 0.873. The molecule has 1 saturated heterocycles. The van der Waals surface area contributed by atoms with Crippen LogP contribution < -0.4 is 10.5 Å². The van der Waals surface area contributed by atoms with Gasteiger partial charge in [0.2, 0.25) is 0 Å². The summed E-state index contributed by atoms with van der Waals surface area (Å²) in [5.74, 6) is 1.56. The van der Waals surface area contributed by atoms with E-state index in [0.29, 0.717) is 5.92 Å². The third-order valence-electron chi connectivity index (χ3n) is 4.10. The summed E-state index contributed by atoms with van der Waals surface area (Å²) in [7, 11) is 0. The van der Waals surface area contributed by atoms with Gasteiger partial charge in [0.1, 0.15) is 11.9 Å². The van der Waals surface area contributed by atoms with E-state index in [1.807, 2.05) is 6.07 Å². The summed E-state index contributed by atoms with van der Waals surface area (Å²) in [4.78, 5) is 0. The fraction of sp³-hybridized carbons (Fsp3) is 0.600. The van der Waals surface area contributed by atoms with Gasteiger partial charge in [-0.2, -0.15) is 0 Å². The highest BCUT2D eigenvalue weighted by atomic mass is 16.5. The van der Waals surface area contributed by atoms with Crippen LogP contribution in [0.2, 0.25) is 0 Å². The standard InChI is InChI=1S/C15H21NO2/c1-9-5-6-17-15(9)14(16)11-3-4-13-12(8-11)7-10(2)18-13/h3-4,8-10,14-15H,5-7,16H2,1-2H3. The minimum Gasteiger partial charge on any atom is -0.490 e. The summed E-state index contributed by atoms with van der Waals surface area (Å²) in [5.41, 5.74) is 8.80. The van der Waals surface area contributed by atoms with E-state index in [2.05, 4.69) is 26.0 Å². The molecule has 4 unspecified atom stereocenters. The summed E-state index contributed by atoms with van der Waals surface area (Å²) in [6.45, 7) is 5.16. The van der Waals surface area contributed by atoms with Gasteiger partial charge >= 0.3 is 0 Å². The van der Waals surface area contributed by atoms with Gasteiger partial charge in [0.25, 0.3) is 0 Å². The molecule has 98 valence electrons. The molecule has 0 saturated carbocycles. The zero-order chi connectivity index (χ0) is 12.7. The predicted octanol–water partition coefficient (Wildman–Crippen LogP) is 2.43. The van der Waals surface area contributed by atoms with Crippen molar-refractivity contribution in [3.05, 3.63) is 29.3 Å². The van der Waals surface area contributed by atoms with E-state index in [1.54, 1.807) is 0 Å². The highest BCUT2D eigenvalue weighted by Crippen LogP contribution is 2.34. The average Bonchev–Trinajstić information content (AvgIpc) is 2.91. The Balaban J connectivity index is 1.82. The summed E-state index contributed by atoms with van der Waals surface area (Å²) in [6.07, 6.45) is 2.54. The van der Waals surface area contributed by atoms with E-state index in [0.717, 1.165) is 25.2 Å². The molecule has 0 amide bonds. The molecular formula is C15H21NO2. The molecule has 1 aromatic rings. The topological polar surface area (TPSA) is 44.5 Å². The summed E-state index contributed by atoms with van der Waals surface area (Å²) >= 11 is 0. The van der Waals surface area contributed by atoms with Crippen LogP contribution >= 0.6 is 0 Å². The van der Waals surface area contributed by atoms with E-state index in [-0.39, 0.29) is 18.2 Å². The number of hydrogen-bond acceptors (Lipinski definition) is 3. The normalized spacial score (nSPS) is 32.1. The smallest absolute Gasteiger partial charge is 0.123 e. The molecular weight excluding hydrogens is 226 g/mol. The van der Waals surface area contributed by atoms with E-state index in [1.165, 1.54) is 11.1 Å². The van der Waals surface area contributed by atoms with Crippen molar-refractivity contribution < 1.29 is 9.47 Å². The van der Waals surface area contributed by atoms with Crippen molar-refractivity contribution >= 4 is 0 Å². The Morgan fingerprint density at radius 1 is 1.33 bits per heavy atom. The molecule has 0 radical (unpaired) electrons. The summed E-state index contributed by atoms with van der Waals surface area (Å²) in [6, 6.07) is 6.30. The second-order valence-electron chi connectivity index (χ2n) is 5.63. The molecule has 3 rings (SSSR count). The van der Waals surface area contributed by atoms with Gasteiger partial charge in [-0.05, 0) is 36.5 Å². The van der Waals surface area contributed by atoms with Crippen LogP contribution in [0.4, 0.5) is 0 Å². The summed E-state index contributed by atoms with van der Waals surface area (Å²) in [5, 5.41) is 0. The van der Waals surface area contributed by atoms with Crippen LogP contribution in [-0.4, -0.2) is 18.8 Å². The van der Waals surface area contributed by atoms with Gasteiger partial charge in [0.15, 0.2) is 0 Å². The van der Waals surface area contributed by atoms with Crippen LogP contribution in [0.25, 0.3) is 0 Å². The van der Waals surface area contributed by atoms with Crippen LogP contribution in [-0.2, 0) is 11.2 Å². The van der Waals surface area contributed by atoms with Crippen LogP contribution in [0.1, 0.15) is 37.4 Å². The number of fused-ring (bicyclic) bond motifs is 1. The average molecular weight is 247 g/mol. The second-order valence-corrected chi connectivity index (χ2v) is 5.63. The molecule has 2 aliphatic rings. The molecule has 0 aromatic heterocycles. The lowest BCUT2D eigenvalue weighted by molar-refractivity contribution is 0.0725. The van der Waals surface area contributed by atoms with Gasteiger partial charge in [-0.1, -0.05) is 19.1 Å². The number of ether oxygens (including phenoxy) is 2. The highest BCUT2D eigenvalue weighted by molar-refractivity contribution is 5.41. The largest absolute Gasteiger partial charge is 0.490 e. The van der Waals surface area contributed by atoms with Crippen molar-refractivity contribution in [3.8, 4) is 5.75 Å². The minimum atomic E-state index is -0.0243. The minimum absolute atomic E-state index is 0.0243. The molecule has 2 N–H and O–H groups in total. The maximum atomic E-state index is 6.35. The van der Waals surface area contributed by atoms with Gasteiger partial charge in [0.05, 0.1) is 12.1 Å². The third-order valence-corrected chi connectivity index (χ3v) is 4.10. The molecule has 4 atom stereocenters. The van der Waals surface area contributed by atoms with Crippen LogP contribution in [0.15, 0.2) is 18.2 Å². The first-order valence-electron chi connectivity index (χ1n) is 6.82. The summed E-state index contributed by atoms with van der Waals surface area (Å²) < 4.78 is 11.5. The van der Waals surface area contributed by atoms with E-state index in [4.69, 9.17) is 15.2 Å². The molecule has 3 nitrogen and oxygen atoms in total. The van der Waals surface area contributed by atoms with Gasteiger partial charge in [-0.25, -0.2) is 0 Å². The predicted molar refractivity (Wildman–Crippen MR) is 70.7 cm³/mol.